The van der Waals surface area contributed by atoms with Gasteiger partial charge in [0.2, 0.25) is 0 Å². The van der Waals surface area contributed by atoms with E-state index >= 15 is 0 Å². The Morgan fingerprint density at radius 3 is 2.46 bits per heavy atom. The molecule has 3 rings (SSSR count). The Kier molecular flexibility index (Phi) is 5.04. The molecule has 0 unspecified atom stereocenters. The van der Waals surface area contributed by atoms with E-state index in [2.05, 4.69) is 24.3 Å². The largest absolute Gasteiger partial charge is 0.493 e. The molecule has 4 nitrogen and oxygen atoms in total. The van der Waals surface area contributed by atoms with Gasteiger partial charge in [-0.05, 0) is 42.5 Å². The minimum Gasteiger partial charge on any atom is -0.493 e. The van der Waals surface area contributed by atoms with Crippen LogP contribution >= 0.6 is 0 Å². The van der Waals surface area contributed by atoms with Crippen molar-refractivity contribution < 1.29 is 14.3 Å². The number of carbonyl (C=O) groups excluding carboxylic acids is 1. The molecule has 0 aliphatic carbocycles. The summed E-state index contributed by atoms with van der Waals surface area (Å²) < 4.78 is 10.7. The number of aryl methyl sites for hydroxylation is 1. The highest BCUT2D eigenvalue weighted by Crippen LogP contribution is 2.33. The van der Waals surface area contributed by atoms with Gasteiger partial charge in [0.1, 0.15) is 0 Å². The fourth-order valence-corrected chi connectivity index (χ4v) is 3.19. The lowest BCUT2D eigenvalue weighted by molar-refractivity contribution is 0.0737. The highest BCUT2D eigenvalue weighted by Gasteiger charge is 2.26. The van der Waals surface area contributed by atoms with Crippen molar-refractivity contribution in [1.29, 1.82) is 0 Å². The van der Waals surface area contributed by atoms with Gasteiger partial charge in [-0.3, -0.25) is 4.79 Å². The average Bonchev–Trinajstić information content (AvgIpc) is 2.63. The predicted octanol–water partition coefficient (Wildman–Crippen LogP) is 3.33. The van der Waals surface area contributed by atoms with E-state index < -0.39 is 0 Å². The number of rotatable bonds is 6. The molecule has 0 fully saturated rings. The number of hydrogen-bond donors (Lipinski definition) is 0. The maximum absolute atomic E-state index is 12.8. The molecule has 0 atom stereocenters. The van der Waals surface area contributed by atoms with Gasteiger partial charge >= 0.3 is 0 Å². The van der Waals surface area contributed by atoms with E-state index in [-0.39, 0.29) is 5.91 Å². The summed E-state index contributed by atoms with van der Waals surface area (Å²) in [4.78, 5) is 14.7. The average molecular weight is 325 g/mol. The van der Waals surface area contributed by atoms with Gasteiger partial charge in [-0.25, -0.2) is 0 Å². The van der Waals surface area contributed by atoms with E-state index in [1.54, 1.807) is 20.3 Å². The number of nitrogens with zero attached hydrogens (tertiary/aromatic N) is 1. The molecule has 1 amide bonds. The minimum atomic E-state index is 0.0882. The van der Waals surface area contributed by atoms with Crippen molar-refractivity contribution in [3.63, 3.8) is 0 Å². The van der Waals surface area contributed by atoms with Gasteiger partial charge in [-0.1, -0.05) is 30.3 Å². The Morgan fingerprint density at radius 2 is 1.75 bits per heavy atom. The van der Waals surface area contributed by atoms with Crippen molar-refractivity contribution in [2.24, 2.45) is 0 Å². The fraction of sp³-hybridized carbons (Fsp3) is 0.350. The van der Waals surface area contributed by atoms with Crippen LogP contribution in [-0.2, 0) is 12.8 Å². The fourth-order valence-electron chi connectivity index (χ4n) is 3.19. The van der Waals surface area contributed by atoms with Crippen molar-refractivity contribution >= 4 is 5.91 Å². The lowest BCUT2D eigenvalue weighted by Crippen LogP contribution is -2.38. The zero-order chi connectivity index (χ0) is 16.9. The van der Waals surface area contributed by atoms with Gasteiger partial charge in [-0.15, -0.1) is 0 Å². The summed E-state index contributed by atoms with van der Waals surface area (Å²) >= 11 is 0. The van der Waals surface area contributed by atoms with Crippen LogP contribution in [0.5, 0.6) is 11.5 Å². The summed E-state index contributed by atoms with van der Waals surface area (Å²) in [5.74, 6) is 1.38. The van der Waals surface area contributed by atoms with Crippen molar-refractivity contribution in [3.05, 3.63) is 59.2 Å². The Morgan fingerprint density at radius 1 is 1.04 bits per heavy atom. The van der Waals surface area contributed by atoms with Crippen LogP contribution < -0.4 is 9.47 Å². The molecule has 1 heterocycles. The van der Waals surface area contributed by atoms with E-state index in [1.165, 1.54) is 5.56 Å². The number of hydrogen-bond acceptors (Lipinski definition) is 3. The summed E-state index contributed by atoms with van der Waals surface area (Å²) in [6, 6.07) is 14.1. The van der Waals surface area contributed by atoms with Crippen molar-refractivity contribution in [1.82, 2.24) is 4.90 Å². The molecule has 24 heavy (non-hydrogen) atoms. The number of amides is 1. The molecular formula is C20H23NO3. The minimum absolute atomic E-state index is 0.0882. The van der Waals surface area contributed by atoms with Gasteiger partial charge in [-0.2, -0.15) is 0 Å². The lowest BCUT2D eigenvalue weighted by Gasteiger charge is -2.29. The monoisotopic (exact) mass is 325 g/mol. The molecule has 1 aliphatic rings. The molecule has 126 valence electrons. The molecule has 4 heteroatoms. The first-order chi connectivity index (χ1) is 11.7. The second-order valence-corrected chi connectivity index (χ2v) is 6.00. The first-order valence-electron chi connectivity index (χ1n) is 8.31. The normalized spacial score (nSPS) is 13.6. The maximum Gasteiger partial charge on any atom is 0.254 e. The van der Waals surface area contributed by atoms with Crippen LogP contribution in [0.2, 0.25) is 0 Å². The molecule has 0 aromatic heterocycles. The Labute approximate surface area is 143 Å². The van der Waals surface area contributed by atoms with E-state index in [0.717, 1.165) is 43.5 Å². The molecule has 0 N–H and O–H groups in total. The van der Waals surface area contributed by atoms with Crippen LogP contribution in [0.15, 0.2) is 42.5 Å². The van der Waals surface area contributed by atoms with E-state index in [0.29, 0.717) is 11.5 Å². The Hall–Kier alpha value is -2.49. The van der Waals surface area contributed by atoms with Crippen molar-refractivity contribution in [2.75, 3.05) is 27.3 Å². The third kappa shape index (κ3) is 3.37. The Bertz CT molecular complexity index is 712. The number of methoxy groups -OCH3 is 2. The topological polar surface area (TPSA) is 38.8 Å². The molecule has 0 saturated heterocycles. The zero-order valence-electron chi connectivity index (χ0n) is 14.2. The van der Waals surface area contributed by atoms with Crippen LogP contribution in [0, 0.1) is 0 Å². The van der Waals surface area contributed by atoms with Crippen LogP contribution in [0.3, 0.4) is 0 Å². The standard InChI is InChI=1S/C20H23NO3/c1-23-18-13-16-10-12-21(20(22)17(16)14-19(18)24-2)11-6-9-15-7-4-3-5-8-15/h3-5,7-8,13-14H,6,9-12H2,1-2H3. The predicted molar refractivity (Wildman–Crippen MR) is 93.9 cm³/mol. The maximum atomic E-state index is 12.8. The summed E-state index contributed by atoms with van der Waals surface area (Å²) in [7, 11) is 3.21. The van der Waals surface area contributed by atoms with Crippen molar-refractivity contribution in [2.45, 2.75) is 19.3 Å². The third-order valence-electron chi connectivity index (χ3n) is 4.51. The molecule has 0 saturated carbocycles. The number of carbonyl (C=O) groups is 1. The molecule has 2 aromatic carbocycles. The first kappa shape index (κ1) is 16.4. The van der Waals surface area contributed by atoms with E-state index in [9.17, 15) is 4.79 Å². The van der Waals surface area contributed by atoms with Crippen LogP contribution in [-0.4, -0.2) is 38.1 Å². The first-order valence-corrected chi connectivity index (χ1v) is 8.31. The van der Waals surface area contributed by atoms with Crippen LogP contribution in [0.4, 0.5) is 0 Å². The number of ether oxygens (including phenoxy) is 2. The highest BCUT2D eigenvalue weighted by atomic mass is 16.5. The summed E-state index contributed by atoms with van der Waals surface area (Å²) in [5, 5.41) is 0. The summed E-state index contributed by atoms with van der Waals surface area (Å²) in [6.45, 7) is 1.54. The lowest BCUT2D eigenvalue weighted by atomic mass is 9.97. The van der Waals surface area contributed by atoms with E-state index in [1.807, 2.05) is 17.0 Å². The highest BCUT2D eigenvalue weighted by molar-refractivity contribution is 5.97. The molecule has 2 aromatic rings. The second-order valence-electron chi connectivity index (χ2n) is 6.00. The molecular weight excluding hydrogens is 302 g/mol. The van der Waals surface area contributed by atoms with Gasteiger partial charge in [0.25, 0.3) is 5.91 Å². The van der Waals surface area contributed by atoms with Crippen LogP contribution in [0.1, 0.15) is 27.9 Å². The number of benzene rings is 2. The number of fused-ring (bicyclic) bond motifs is 1. The molecule has 0 spiro atoms. The zero-order valence-corrected chi connectivity index (χ0v) is 14.2. The van der Waals surface area contributed by atoms with Gasteiger partial charge in [0.05, 0.1) is 14.2 Å². The van der Waals surface area contributed by atoms with Crippen molar-refractivity contribution in [3.8, 4) is 11.5 Å². The van der Waals surface area contributed by atoms with Gasteiger partial charge in [0.15, 0.2) is 11.5 Å². The van der Waals surface area contributed by atoms with Crippen LogP contribution in [0.25, 0.3) is 0 Å². The molecule has 0 bridgehead atoms. The SMILES string of the molecule is COc1cc2c(cc1OC)C(=O)N(CCCc1ccccc1)CC2. The van der Waals surface area contributed by atoms with Gasteiger partial charge < -0.3 is 14.4 Å². The molecule has 0 radical (unpaired) electrons. The summed E-state index contributed by atoms with van der Waals surface area (Å²) in [6.07, 6.45) is 2.81. The summed E-state index contributed by atoms with van der Waals surface area (Å²) in [5.41, 5.74) is 3.09. The molecule has 1 aliphatic heterocycles. The quantitative estimate of drug-likeness (QED) is 0.818. The van der Waals surface area contributed by atoms with Gasteiger partial charge in [0, 0.05) is 18.7 Å². The smallest absolute Gasteiger partial charge is 0.254 e. The van der Waals surface area contributed by atoms with E-state index in [4.69, 9.17) is 9.47 Å². The third-order valence-corrected chi connectivity index (χ3v) is 4.51. The Balaban J connectivity index is 1.68. The second kappa shape index (κ2) is 7.39.